The zero-order valence-electron chi connectivity index (χ0n) is 13.4. The summed E-state index contributed by atoms with van der Waals surface area (Å²) in [6.07, 6.45) is 4.58. The van der Waals surface area contributed by atoms with Gasteiger partial charge >= 0.3 is 12.0 Å². The van der Waals surface area contributed by atoms with Gasteiger partial charge in [0.2, 0.25) is 5.88 Å². The predicted octanol–water partition coefficient (Wildman–Crippen LogP) is 1.12. The van der Waals surface area contributed by atoms with E-state index in [9.17, 15) is 9.59 Å². The summed E-state index contributed by atoms with van der Waals surface area (Å²) in [5, 5.41) is 14.3. The van der Waals surface area contributed by atoms with Crippen molar-refractivity contribution in [2.45, 2.75) is 37.8 Å². The number of pyridine rings is 1. The minimum atomic E-state index is -0.495. The lowest BCUT2D eigenvalue weighted by Gasteiger charge is -2.29. The van der Waals surface area contributed by atoms with Crippen LogP contribution in [0.25, 0.3) is 0 Å². The highest BCUT2D eigenvalue weighted by molar-refractivity contribution is 5.80. The lowest BCUT2D eigenvalue weighted by molar-refractivity contribution is -0.139. The van der Waals surface area contributed by atoms with E-state index in [2.05, 4.69) is 26.4 Å². The van der Waals surface area contributed by atoms with Crippen molar-refractivity contribution in [3.63, 3.8) is 0 Å². The molecule has 0 radical (unpaired) electrons. The lowest BCUT2D eigenvalue weighted by atomic mass is 9.93. The average molecular weight is 332 g/mol. The highest BCUT2D eigenvalue weighted by Gasteiger charge is 2.24. The summed E-state index contributed by atoms with van der Waals surface area (Å²) < 4.78 is 10.3. The Morgan fingerprint density at radius 3 is 2.79 bits per heavy atom. The van der Waals surface area contributed by atoms with Crippen LogP contribution >= 0.6 is 0 Å². The number of hydrogen-bond acceptors (Lipinski definition) is 6. The van der Waals surface area contributed by atoms with Crippen LogP contribution in [0.5, 0.6) is 5.88 Å². The number of amides is 2. The number of methoxy groups -OCH3 is 1. The molecule has 0 saturated heterocycles. The molecule has 24 heavy (non-hydrogen) atoms. The van der Waals surface area contributed by atoms with Crippen molar-refractivity contribution >= 4 is 12.0 Å². The van der Waals surface area contributed by atoms with E-state index in [0.717, 1.165) is 25.7 Å². The number of nitrogens with zero attached hydrogens (tertiary/aromatic N) is 2. The number of aromatic nitrogens is 1. The molecule has 0 atom stereocenters. The Morgan fingerprint density at radius 2 is 2.12 bits per heavy atom. The first-order valence-electron chi connectivity index (χ1n) is 7.75. The number of hydrogen-bond donors (Lipinski definition) is 2. The van der Waals surface area contributed by atoms with E-state index in [1.165, 1.54) is 7.11 Å². The van der Waals surface area contributed by atoms with Crippen molar-refractivity contribution < 1.29 is 19.1 Å². The molecule has 128 valence electrons. The summed E-state index contributed by atoms with van der Waals surface area (Å²) in [4.78, 5) is 26.7. The van der Waals surface area contributed by atoms with Crippen LogP contribution < -0.4 is 15.4 Å². The molecule has 8 heteroatoms. The second-order valence-electron chi connectivity index (χ2n) is 5.46. The molecule has 0 unspecified atom stereocenters. The molecule has 0 aliphatic heterocycles. The molecule has 1 saturated carbocycles. The molecular formula is C16H20N4O4. The number of nitriles is 1. The van der Waals surface area contributed by atoms with Crippen molar-refractivity contribution in [3.05, 3.63) is 23.9 Å². The highest BCUT2D eigenvalue weighted by Crippen LogP contribution is 2.24. The van der Waals surface area contributed by atoms with Crippen LogP contribution in [0.1, 0.15) is 31.2 Å². The van der Waals surface area contributed by atoms with Gasteiger partial charge in [0.15, 0.2) is 0 Å². The van der Waals surface area contributed by atoms with Gasteiger partial charge in [-0.15, -0.1) is 0 Å². The van der Waals surface area contributed by atoms with Gasteiger partial charge in [0.05, 0.1) is 7.11 Å². The third-order valence-corrected chi connectivity index (χ3v) is 3.80. The van der Waals surface area contributed by atoms with Gasteiger partial charge in [-0.25, -0.2) is 9.78 Å². The molecule has 0 bridgehead atoms. The SMILES string of the molecule is COC(=O)CNC(=O)N[C@H]1CC[C@H](Oc2ncccc2C#N)CC1. The number of carbonyl (C=O) groups excluding carboxylic acids is 2. The quantitative estimate of drug-likeness (QED) is 0.781. The monoisotopic (exact) mass is 332 g/mol. The molecule has 2 rings (SSSR count). The second-order valence-corrected chi connectivity index (χ2v) is 5.46. The maximum atomic E-state index is 11.7. The Morgan fingerprint density at radius 1 is 1.38 bits per heavy atom. The maximum Gasteiger partial charge on any atom is 0.325 e. The molecule has 1 aromatic heterocycles. The fraction of sp³-hybridized carbons (Fsp3) is 0.500. The number of esters is 1. The standard InChI is InChI=1S/C16H20N4O4/c1-23-14(21)10-19-16(22)20-12-4-6-13(7-5-12)24-15-11(9-17)3-2-8-18-15/h2-3,8,12-13H,4-7,10H2,1H3,(H2,19,20,22)/t12-,13-. The number of nitrogens with one attached hydrogen (secondary N) is 2. The Kier molecular flexibility index (Phi) is 6.37. The molecule has 2 N–H and O–H groups in total. The maximum absolute atomic E-state index is 11.7. The van der Waals surface area contributed by atoms with Gasteiger partial charge in [-0.2, -0.15) is 5.26 Å². The number of carbonyl (C=O) groups is 2. The largest absolute Gasteiger partial charge is 0.473 e. The molecule has 8 nitrogen and oxygen atoms in total. The van der Waals surface area contributed by atoms with Gasteiger partial charge in [-0.1, -0.05) is 0 Å². The third-order valence-electron chi connectivity index (χ3n) is 3.80. The Labute approximate surface area is 140 Å². The first-order chi connectivity index (χ1) is 11.6. The first kappa shape index (κ1) is 17.5. The highest BCUT2D eigenvalue weighted by atomic mass is 16.5. The summed E-state index contributed by atoms with van der Waals surface area (Å²) in [7, 11) is 1.27. The molecular weight excluding hydrogens is 312 g/mol. The second kappa shape index (κ2) is 8.72. The van der Waals surface area contributed by atoms with Gasteiger partial charge in [0.25, 0.3) is 0 Å². The molecule has 0 aromatic carbocycles. The Bertz CT molecular complexity index is 621. The number of rotatable bonds is 5. The number of ether oxygens (including phenoxy) is 2. The van der Waals surface area contributed by atoms with E-state index in [4.69, 9.17) is 10.00 Å². The summed E-state index contributed by atoms with van der Waals surface area (Å²) in [6, 6.07) is 5.06. The molecule has 1 aliphatic carbocycles. The van der Waals surface area contributed by atoms with Crippen LogP contribution in [0.15, 0.2) is 18.3 Å². The van der Waals surface area contributed by atoms with Crippen LogP contribution in [0.4, 0.5) is 4.79 Å². The van der Waals surface area contributed by atoms with Crippen molar-refractivity contribution in [2.24, 2.45) is 0 Å². The molecule has 2 amide bonds. The van der Waals surface area contributed by atoms with E-state index in [1.807, 2.05) is 0 Å². The van der Waals surface area contributed by atoms with Gasteiger partial charge in [-0.3, -0.25) is 4.79 Å². The summed E-state index contributed by atoms with van der Waals surface area (Å²) in [5.41, 5.74) is 0.417. The van der Waals surface area contributed by atoms with Crippen molar-refractivity contribution in [1.82, 2.24) is 15.6 Å². The molecule has 0 spiro atoms. The predicted molar refractivity (Wildman–Crippen MR) is 84.2 cm³/mol. The third kappa shape index (κ3) is 5.12. The van der Waals surface area contributed by atoms with Crippen molar-refractivity contribution in [3.8, 4) is 11.9 Å². The van der Waals surface area contributed by atoms with E-state index in [0.29, 0.717) is 11.4 Å². The molecule has 1 aromatic rings. The fourth-order valence-corrected chi connectivity index (χ4v) is 2.51. The van der Waals surface area contributed by atoms with Gasteiger partial charge in [0.1, 0.15) is 24.3 Å². The van der Waals surface area contributed by atoms with Crippen LogP contribution in [-0.2, 0) is 9.53 Å². The summed E-state index contributed by atoms with van der Waals surface area (Å²) >= 11 is 0. The first-order valence-corrected chi connectivity index (χ1v) is 7.75. The van der Waals surface area contributed by atoms with E-state index < -0.39 is 5.97 Å². The summed E-state index contributed by atoms with van der Waals surface area (Å²) in [6.45, 7) is -0.155. The summed E-state index contributed by atoms with van der Waals surface area (Å²) in [5.74, 6) is -0.141. The average Bonchev–Trinajstić information content (AvgIpc) is 2.61. The minimum absolute atomic E-state index is 0.0248. The van der Waals surface area contributed by atoms with Crippen LogP contribution in [0.3, 0.4) is 0 Å². The Balaban J connectivity index is 1.74. The normalized spacial score (nSPS) is 19.7. The number of urea groups is 1. The zero-order valence-corrected chi connectivity index (χ0v) is 13.4. The van der Waals surface area contributed by atoms with E-state index >= 15 is 0 Å². The van der Waals surface area contributed by atoms with Crippen LogP contribution in [0, 0.1) is 11.3 Å². The van der Waals surface area contributed by atoms with E-state index in [1.54, 1.807) is 18.3 Å². The zero-order chi connectivity index (χ0) is 17.4. The van der Waals surface area contributed by atoms with Gasteiger partial charge in [-0.05, 0) is 37.8 Å². The lowest BCUT2D eigenvalue weighted by Crippen LogP contribution is -2.46. The molecule has 1 fully saturated rings. The molecule has 1 aliphatic rings. The minimum Gasteiger partial charge on any atom is -0.473 e. The van der Waals surface area contributed by atoms with Gasteiger partial charge < -0.3 is 20.1 Å². The Hall–Kier alpha value is -2.82. The van der Waals surface area contributed by atoms with Crippen LogP contribution in [-0.4, -0.2) is 42.8 Å². The van der Waals surface area contributed by atoms with Crippen molar-refractivity contribution in [2.75, 3.05) is 13.7 Å². The molecule has 1 heterocycles. The van der Waals surface area contributed by atoms with Crippen molar-refractivity contribution in [1.29, 1.82) is 5.26 Å². The van der Waals surface area contributed by atoms with Crippen LogP contribution in [0.2, 0.25) is 0 Å². The fourth-order valence-electron chi connectivity index (χ4n) is 2.51. The smallest absolute Gasteiger partial charge is 0.325 e. The topological polar surface area (TPSA) is 113 Å². The van der Waals surface area contributed by atoms with E-state index in [-0.39, 0.29) is 24.7 Å². The van der Waals surface area contributed by atoms with Gasteiger partial charge in [0, 0.05) is 12.2 Å².